The lowest BCUT2D eigenvalue weighted by Crippen LogP contribution is -2.44. The monoisotopic (exact) mass is 631 g/mol. The Labute approximate surface area is 244 Å². The highest BCUT2D eigenvalue weighted by atomic mass is 79.9. The molecule has 212 valence electrons. The molecule has 0 saturated carbocycles. The van der Waals surface area contributed by atoms with Crippen molar-refractivity contribution in [3.05, 3.63) is 47.0 Å². The second kappa shape index (κ2) is 12.2. The summed E-state index contributed by atoms with van der Waals surface area (Å²) in [6.45, 7) is 10.1. The Morgan fingerprint density at radius 3 is 2.17 bits per heavy atom. The number of carbonyl (C=O) groups is 3. The zero-order valence-electron chi connectivity index (χ0n) is 23.1. The van der Waals surface area contributed by atoms with E-state index >= 15 is 0 Å². The van der Waals surface area contributed by atoms with Crippen LogP contribution in [0.1, 0.15) is 52.0 Å². The molecule has 3 aromatic heterocycles. The first-order chi connectivity index (χ1) is 18.6. The molecule has 0 spiro atoms. The van der Waals surface area contributed by atoms with E-state index in [0.29, 0.717) is 20.8 Å². The zero-order valence-corrected chi connectivity index (χ0v) is 25.5. The normalized spacial score (nSPS) is 11.5. The SMILES string of the molecule is CSc1nc(-c2ccncc2NC(=O)c2nc(Br)ccc2N)cc(N(C(=O)OC(C)(C)C)C(=O)OC(C)(C)C)n1. The van der Waals surface area contributed by atoms with Crippen LogP contribution in [0.5, 0.6) is 0 Å². The minimum absolute atomic E-state index is 0.0124. The lowest BCUT2D eigenvalue weighted by atomic mass is 10.1. The Kier molecular flexibility index (Phi) is 9.36. The molecule has 12 nitrogen and oxygen atoms in total. The summed E-state index contributed by atoms with van der Waals surface area (Å²) in [5, 5.41) is 3.01. The van der Waals surface area contributed by atoms with Gasteiger partial charge in [0.1, 0.15) is 15.8 Å². The lowest BCUT2D eigenvalue weighted by molar-refractivity contribution is 0.0428. The third kappa shape index (κ3) is 8.11. The number of halogens is 1. The number of anilines is 3. The van der Waals surface area contributed by atoms with Crippen molar-refractivity contribution in [2.75, 3.05) is 22.2 Å². The highest BCUT2D eigenvalue weighted by Gasteiger charge is 2.34. The first kappa shape index (κ1) is 30.8. The number of hydrogen-bond acceptors (Lipinski definition) is 11. The summed E-state index contributed by atoms with van der Waals surface area (Å²) in [5.74, 6) is -0.651. The highest BCUT2D eigenvalue weighted by Crippen LogP contribution is 2.31. The van der Waals surface area contributed by atoms with Gasteiger partial charge in [0.25, 0.3) is 5.91 Å². The number of nitrogens with one attached hydrogen (secondary N) is 1. The van der Waals surface area contributed by atoms with E-state index in [1.54, 1.807) is 66.0 Å². The van der Waals surface area contributed by atoms with E-state index in [1.165, 1.54) is 30.2 Å². The molecule has 0 bridgehead atoms. The number of nitrogen functional groups attached to an aromatic ring is 1. The van der Waals surface area contributed by atoms with E-state index in [9.17, 15) is 14.4 Å². The molecule has 0 aliphatic rings. The van der Waals surface area contributed by atoms with Crippen molar-refractivity contribution in [2.45, 2.75) is 57.9 Å². The minimum Gasteiger partial charge on any atom is -0.443 e. The Hall–Kier alpha value is -3.78. The summed E-state index contributed by atoms with van der Waals surface area (Å²) >= 11 is 4.43. The van der Waals surface area contributed by atoms with Gasteiger partial charge in [-0.2, -0.15) is 4.90 Å². The van der Waals surface area contributed by atoms with Gasteiger partial charge >= 0.3 is 12.2 Å². The van der Waals surface area contributed by atoms with Gasteiger partial charge in [0.05, 0.1) is 23.3 Å². The fraction of sp³-hybridized carbons (Fsp3) is 0.346. The predicted molar refractivity (Wildman–Crippen MR) is 156 cm³/mol. The van der Waals surface area contributed by atoms with Crippen LogP contribution >= 0.6 is 27.7 Å². The molecule has 3 heterocycles. The number of amides is 3. The third-order valence-electron chi connectivity index (χ3n) is 4.71. The van der Waals surface area contributed by atoms with Gasteiger partial charge in [-0.1, -0.05) is 11.8 Å². The molecule has 0 radical (unpaired) electrons. The van der Waals surface area contributed by atoms with Gasteiger partial charge in [-0.15, -0.1) is 0 Å². The van der Waals surface area contributed by atoms with Crippen molar-refractivity contribution in [2.24, 2.45) is 0 Å². The van der Waals surface area contributed by atoms with Gasteiger partial charge in [0, 0.05) is 17.8 Å². The fourth-order valence-electron chi connectivity index (χ4n) is 3.16. The van der Waals surface area contributed by atoms with Crippen LogP contribution in [0.4, 0.5) is 26.8 Å². The largest absolute Gasteiger partial charge is 0.443 e. The Morgan fingerprint density at radius 1 is 0.975 bits per heavy atom. The maximum absolute atomic E-state index is 13.2. The molecule has 0 aliphatic heterocycles. The number of pyridine rings is 2. The molecular formula is C26H30BrN7O5S. The van der Waals surface area contributed by atoms with E-state index in [-0.39, 0.29) is 28.0 Å². The van der Waals surface area contributed by atoms with Crippen LogP contribution in [0.2, 0.25) is 0 Å². The van der Waals surface area contributed by atoms with Gasteiger partial charge < -0.3 is 20.5 Å². The smallest absolute Gasteiger partial charge is 0.425 e. The number of imide groups is 1. The summed E-state index contributed by atoms with van der Waals surface area (Å²) < 4.78 is 11.4. The fourth-order valence-corrected chi connectivity index (χ4v) is 3.84. The van der Waals surface area contributed by atoms with E-state index in [4.69, 9.17) is 15.2 Å². The molecule has 14 heteroatoms. The maximum Gasteiger partial charge on any atom is 0.425 e. The second-order valence-electron chi connectivity index (χ2n) is 10.3. The van der Waals surface area contributed by atoms with Crippen molar-refractivity contribution in [1.82, 2.24) is 19.9 Å². The number of ether oxygens (including phenoxy) is 2. The number of nitrogens with zero attached hydrogens (tertiary/aromatic N) is 5. The highest BCUT2D eigenvalue weighted by molar-refractivity contribution is 9.10. The number of aromatic nitrogens is 4. The van der Waals surface area contributed by atoms with Crippen LogP contribution in [0.25, 0.3) is 11.3 Å². The zero-order chi connectivity index (χ0) is 29.8. The first-order valence-electron chi connectivity index (χ1n) is 11.9. The van der Waals surface area contributed by atoms with Crippen LogP contribution in [-0.2, 0) is 9.47 Å². The standard InChI is InChI=1S/C26H30BrN7O5S/c1-25(2,3)38-23(36)34(24(37)39-26(4,5)6)19-12-16(31-22(33-19)40-7)14-10-11-29-13-17(14)30-21(35)20-15(28)8-9-18(27)32-20/h8-13H,28H2,1-7H3,(H,30,35). The van der Waals surface area contributed by atoms with Gasteiger partial charge in [-0.05, 0) is 81.9 Å². The molecule has 0 saturated heterocycles. The molecule has 0 aromatic carbocycles. The Bertz CT molecular complexity index is 1410. The summed E-state index contributed by atoms with van der Waals surface area (Å²) in [6, 6.07) is 6.22. The quantitative estimate of drug-likeness (QED) is 0.195. The van der Waals surface area contributed by atoms with Gasteiger partial charge in [-0.25, -0.2) is 24.5 Å². The van der Waals surface area contributed by atoms with E-state index in [1.807, 2.05) is 0 Å². The van der Waals surface area contributed by atoms with Gasteiger partial charge in [0.2, 0.25) is 0 Å². The molecule has 40 heavy (non-hydrogen) atoms. The molecule has 3 aromatic rings. The van der Waals surface area contributed by atoms with Crippen LogP contribution in [0, 0.1) is 0 Å². The van der Waals surface area contributed by atoms with Crippen molar-refractivity contribution in [1.29, 1.82) is 0 Å². The number of rotatable bonds is 5. The second-order valence-corrected chi connectivity index (χ2v) is 11.9. The molecule has 0 atom stereocenters. The number of thioether (sulfide) groups is 1. The van der Waals surface area contributed by atoms with Gasteiger partial charge in [-0.3, -0.25) is 9.78 Å². The number of nitrogens with two attached hydrogens (primary N) is 1. The third-order valence-corrected chi connectivity index (χ3v) is 5.70. The topological polar surface area (TPSA) is 163 Å². The first-order valence-corrected chi connectivity index (χ1v) is 14.0. The Balaban J connectivity index is 2.11. The summed E-state index contributed by atoms with van der Waals surface area (Å²) in [6.07, 6.45) is 2.74. The molecule has 3 rings (SSSR count). The van der Waals surface area contributed by atoms with Crippen LogP contribution < -0.4 is 16.0 Å². The molecule has 0 fully saturated rings. The molecule has 3 amide bonds. The van der Waals surface area contributed by atoms with Gasteiger partial charge in [0.15, 0.2) is 16.7 Å². The predicted octanol–water partition coefficient (Wildman–Crippen LogP) is 5.93. The van der Waals surface area contributed by atoms with Crippen molar-refractivity contribution in [3.8, 4) is 11.3 Å². The van der Waals surface area contributed by atoms with Crippen LogP contribution in [0.3, 0.4) is 0 Å². The van der Waals surface area contributed by atoms with Crippen molar-refractivity contribution < 1.29 is 23.9 Å². The summed E-state index contributed by atoms with van der Waals surface area (Å²) in [5.41, 5.74) is 5.35. The van der Waals surface area contributed by atoms with Crippen molar-refractivity contribution in [3.63, 3.8) is 0 Å². The number of hydrogen-bond donors (Lipinski definition) is 2. The van der Waals surface area contributed by atoms with E-state index < -0.39 is 29.3 Å². The average Bonchev–Trinajstić information content (AvgIpc) is 2.83. The van der Waals surface area contributed by atoms with Crippen molar-refractivity contribution >= 4 is 63.0 Å². The van der Waals surface area contributed by atoms with Crippen LogP contribution in [0.15, 0.2) is 46.4 Å². The molecule has 3 N–H and O–H groups in total. The molecule has 0 unspecified atom stereocenters. The average molecular weight is 633 g/mol. The van der Waals surface area contributed by atoms with E-state index in [0.717, 1.165) is 0 Å². The van der Waals surface area contributed by atoms with E-state index in [2.05, 4.69) is 41.2 Å². The maximum atomic E-state index is 13.2. The molecular weight excluding hydrogens is 602 g/mol. The Morgan fingerprint density at radius 2 is 1.60 bits per heavy atom. The van der Waals surface area contributed by atoms with Crippen LogP contribution in [-0.4, -0.2) is 55.5 Å². The minimum atomic E-state index is -0.974. The number of carbonyl (C=O) groups excluding carboxylic acids is 3. The molecule has 0 aliphatic carbocycles. The lowest BCUT2D eigenvalue weighted by Gasteiger charge is -2.28. The summed E-state index contributed by atoms with van der Waals surface area (Å²) in [7, 11) is 0. The summed E-state index contributed by atoms with van der Waals surface area (Å²) in [4.78, 5) is 57.4.